The van der Waals surface area contributed by atoms with Gasteiger partial charge in [-0.15, -0.1) is 0 Å². The molecule has 0 radical (unpaired) electrons. The van der Waals surface area contributed by atoms with E-state index in [9.17, 15) is 9.59 Å². The standard InChI is InChI=1S/C20H28N2O3/c1-14-10-15(2)12-21(11-14)19(23)8-9-20(24)22-13-16(3)25-18-7-5-4-6-17(18)22/h4-7,14-16H,8-13H2,1-3H3/t14-,15-,16+/m1/s1. The summed E-state index contributed by atoms with van der Waals surface area (Å²) < 4.78 is 5.79. The van der Waals surface area contributed by atoms with Gasteiger partial charge >= 0.3 is 0 Å². The van der Waals surface area contributed by atoms with Crippen molar-refractivity contribution in [2.75, 3.05) is 24.5 Å². The van der Waals surface area contributed by atoms with Crippen LogP contribution in [-0.4, -0.2) is 42.5 Å². The van der Waals surface area contributed by atoms with E-state index >= 15 is 0 Å². The Kier molecular flexibility index (Phi) is 5.30. The third kappa shape index (κ3) is 4.14. The van der Waals surface area contributed by atoms with Crippen LogP contribution in [0.25, 0.3) is 0 Å². The van der Waals surface area contributed by atoms with Gasteiger partial charge in [0.25, 0.3) is 0 Å². The smallest absolute Gasteiger partial charge is 0.227 e. The Morgan fingerprint density at radius 1 is 1.00 bits per heavy atom. The number of fused-ring (bicyclic) bond motifs is 1. The second-order valence-electron chi connectivity index (χ2n) is 7.65. The minimum absolute atomic E-state index is 0.00550. The number of amides is 2. The van der Waals surface area contributed by atoms with Crippen LogP contribution in [0.1, 0.15) is 40.0 Å². The van der Waals surface area contributed by atoms with Crippen molar-refractivity contribution < 1.29 is 14.3 Å². The van der Waals surface area contributed by atoms with Crippen molar-refractivity contribution >= 4 is 17.5 Å². The third-order valence-electron chi connectivity index (χ3n) is 5.00. The maximum Gasteiger partial charge on any atom is 0.227 e. The van der Waals surface area contributed by atoms with Gasteiger partial charge in [0.15, 0.2) is 0 Å². The molecule has 1 aromatic carbocycles. The summed E-state index contributed by atoms with van der Waals surface area (Å²) in [5.41, 5.74) is 0.804. The van der Waals surface area contributed by atoms with Gasteiger partial charge in [-0.1, -0.05) is 26.0 Å². The Labute approximate surface area is 149 Å². The molecule has 3 rings (SSSR count). The first-order chi connectivity index (χ1) is 11.9. The molecule has 25 heavy (non-hydrogen) atoms. The van der Waals surface area contributed by atoms with Crippen LogP contribution in [0, 0.1) is 11.8 Å². The number of hydrogen-bond donors (Lipinski definition) is 0. The van der Waals surface area contributed by atoms with E-state index in [1.54, 1.807) is 4.90 Å². The van der Waals surface area contributed by atoms with E-state index in [-0.39, 0.29) is 30.8 Å². The Morgan fingerprint density at radius 3 is 2.36 bits per heavy atom. The van der Waals surface area contributed by atoms with Crippen LogP contribution in [0.5, 0.6) is 5.75 Å². The molecule has 2 aliphatic heterocycles. The normalized spacial score (nSPS) is 26.0. The van der Waals surface area contributed by atoms with Gasteiger partial charge in [-0.2, -0.15) is 0 Å². The molecular weight excluding hydrogens is 316 g/mol. The van der Waals surface area contributed by atoms with Gasteiger partial charge in [-0.3, -0.25) is 9.59 Å². The molecular formula is C20H28N2O3. The monoisotopic (exact) mass is 344 g/mol. The molecule has 0 unspecified atom stereocenters. The van der Waals surface area contributed by atoms with Gasteiger partial charge in [0.2, 0.25) is 11.8 Å². The van der Waals surface area contributed by atoms with E-state index in [2.05, 4.69) is 13.8 Å². The first-order valence-electron chi connectivity index (χ1n) is 9.28. The van der Waals surface area contributed by atoms with Crippen LogP contribution in [-0.2, 0) is 9.59 Å². The number of ether oxygens (including phenoxy) is 1. The highest BCUT2D eigenvalue weighted by molar-refractivity contribution is 5.97. The number of piperidine rings is 1. The Bertz CT molecular complexity index is 636. The van der Waals surface area contributed by atoms with Gasteiger partial charge in [-0.25, -0.2) is 0 Å². The zero-order valence-corrected chi connectivity index (χ0v) is 15.4. The number of likely N-dealkylation sites (tertiary alicyclic amines) is 1. The Hall–Kier alpha value is -2.04. The zero-order chi connectivity index (χ0) is 18.0. The quantitative estimate of drug-likeness (QED) is 0.847. The topological polar surface area (TPSA) is 49.9 Å². The van der Waals surface area contributed by atoms with Gasteiger partial charge in [0.1, 0.15) is 11.9 Å². The number of hydrogen-bond acceptors (Lipinski definition) is 3. The van der Waals surface area contributed by atoms with Crippen LogP contribution < -0.4 is 9.64 Å². The maximum atomic E-state index is 12.7. The predicted molar refractivity (Wildman–Crippen MR) is 97.6 cm³/mol. The van der Waals surface area contributed by atoms with E-state index < -0.39 is 0 Å². The van der Waals surface area contributed by atoms with Gasteiger partial charge < -0.3 is 14.5 Å². The molecule has 1 saturated heterocycles. The Morgan fingerprint density at radius 2 is 1.64 bits per heavy atom. The van der Waals surface area contributed by atoms with Crippen molar-refractivity contribution in [3.8, 4) is 5.75 Å². The molecule has 0 spiro atoms. The van der Waals surface area contributed by atoms with Crippen molar-refractivity contribution in [2.45, 2.75) is 46.1 Å². The zero-order valence-electron chi connectivity index (χ0n) is 15.4. The van der Waals surface area contributed by atoms with Gasteiger partial charge in [0.05, 0.1) is 12.2 Å². The molecule has 5 nitrogen and oxygen atoms in total. The lowest BCUT2D eigenvalue weighted by Gasteiger charge is -2.35. The van der Waals surface area contributed by atoms with Crippen molar-refractivity contribution in [1.82, 2.24) is 4.90 Å². The highest BCUT2D eigenvalue weighted by Crippen LogP contribution is 2.33. The molecule has 1 aromatic rings. The number of benzene rings is 1. The summed E-state index contributed by atoms with van der Waals surface area (Å²) in [5.74, 6) is 1.90. The average molecular weight is 344 g/mol. The molecule has 2 amide bonds. The van der Waals surface area contributed by atoms with E-state index in [0.717, 1.165) is 24.5 Å². The van der Waals surface area contributed by atoms with Crippen LogP contribution in [0.15, 0.2) is 24.3 Å². The van der Waals surface area contributed by atoms with Crippen molar-refractivity contribution in [3.05, 3.63) is 24.3 Å². The summed E-state index contributed by atoms with van der Waals surface area (Å²) in [7, 11) is 0. The molecule has 0 N–H and O–H groups in total. The third-order valence-corrected chi connectivity index (χ3v) is 5.00. The average Bonchev–Trinajstić information content (AvgIpc) is 2.57. The molecule has 0 saturated carbocycles. The van der Waals surface area contributed by atoms with Crippen molar-refractivity contribution in [3.63, 3.8) is 0 Å². The number of carbonyl (C=O) groups excluding carboxylic acids is 2. The lowest BCUT2D eigenvalue weighted by Crippen LogP contribution is -2.44. The minimum Gasteiger partial charge on any atom is -0.487 e. The first kappa shape index (κ1) is 17.8. The second kappa shape index (κ2) is 7.46. The summed E-state index contributed by atoms with van der Waals surface area (Å²) in [4.78, 5) is 28.9. The number of para-hydroxylation sites is 2. The van der Waals surface area contributed by atoms with Crippen LogP contribution >= 0.6 is 0 Å². The van der Waals surface area contributed by atoms with Crippen LogP contribution in [0.4, 0.5) is 5.69 Å². The fraction of sp³-hybridized carbons (Fsp3) is 0.600. The fourth-order valence-corrected chi connectivity index (χ4v) is 4.00. The van der Waals surface area contributed by atoms with E-state index in [0.29, 0.717) is 18.4 Å². The molecule has 0 aliphatic carbocycles. The second-order valence-corrected chi connectivity index (χ2v) is 7.65. The van der Waals surface area contributed by atoms with E-state index in [1.165, 1.54) is 6.42 Å². The van der Waals surface area contributed by atoms with Crippen LogP contribution in [0.2, 0.25) is 0 Å². The van der Waals surface area contributed by atoms with Crippen LogP contribution in [0.3, 0.4) is 0 Å². The summed E-state index contributed by atoms with van der Waals surface area (Å²) >= 11 is 0. The summed E-state index contributed by atoms with van der Waals surface area (Å²) in [6.07, 6.45) is 1.66. The lowest BCUT2D eigenvalue weighted by molar-refractivity contribution is -0.135. The SMILES string of the molecule is C[C@@H]1C[C@@H](C)CN(C(=O)CCC(=O)N2C[C@H](C)Oc3ccccc32)C1. The largest absolute Gasteiger partial charge is 0.487 e. The molecule has 0 bridgehead atoms. The molecule has 5 heteroatoms. The highest BCUT2D eigenvalue weighted by Gasteiger charge is 2.29. The number of nitrogens with zero attached hydrogens (tertiary/aromatic N) is 2. The number of anilines is 1. The van der Waals surface area contributed by atoms with E-state index in [1.807, 2.05) is 36.1 Å². The minimum atomic E-state index is -0.0432. The van der Waals surface area contributed by atoms with Crippen molar-refractivity contribution in [2.24, 2.45) is 11.8 Å². The van der Waals surface area contributed by atoms with Gasteiger partial charge in [-0.05, 0) is 37.3 Å². The summed E-state index contributed by atoms with van der Waals surface area (Å²) in [5, 5.41) is 0. The van der Waals surface area contributed by atoms with Gasteiger partial charge in [0, 0.05) is 25.9 Å². The van der Waals surface area contributed by atoms with Crippen molar-refractivity contribution in [1.29, 1.82) is 0 Å². The van der Waals surface area contributed by atoms with E-state index in [4.69, 9.17) is 4.74 Å². The maximum absolute atomic E-state index is 12.7. The number of carbonyl (C=O) groups is 2. The lowest BCUT2D eigenvalue weighted by atomic mass is 9.91. The molecule has 0 aromatic heterocycles. The summed E-state index contributed by atoms with van der Waals surface area (Å²) in [6.45, 7) is 8.49. The molecule has 1 fully saturated rings. The first-order valence-corrected chi connectivity index (χ1v) is 9.28. The number of rotatable bonds is 3. The molecule has 2 heterocycles. The summed E-state index contributed by atoms with van der Waals surface area (Å²) in [6, 6.07) is 7.59. The molecule has 3 atom stereocenters. The fourth-order valence-electron chi connectivity index (χ4n) is 4.00. The highest BCUT2D eigenvalue weighted by atomic mass is 16.5. The Balaban J connectivity index is 1.60. The predicted octanol–water partition coefficient (Wildman–Crippen LogP) is 3.09. The molecule has 2 aliphatic rings. The molecule has 136 valence electrons.